The van der Waals surface area contributed by atoms with Crippen LogP contribution in [0.5, 0.6) is 0 Å². The number of sulfone groups is 1. The summed E-state index contributed by atoms with van der Waals surface area (Å²) in [4.78, 5) is 0. The summed E-state index contributed by atoms with van der Waals surface area (Å²) in [6.07, 6.45) is 1.24. The Labute approximate surface area is 48.6 Å². The van der Waals surface area contributed by atoms with Crippen LogP contribution in [0.15, 0.2) is 0 Å². The minimum Gasteiger partial charge on any atom is -0.379 e. The number of hydrogen-bond acceptors (Lipinski definition) is 3. The van der Waals surface area contributed by atoms with Gasteiger partial charge in [0.15, 0.2) is 9.84 Å². The Bertz CT molecular complexity index is 166. The van der Waals surface area contributed by atoms with Gasteiger partial charge in [-0.1, -0.05) is 0 Å². The summed E-state index contributed by atoms with van der Waals surface area (Å²) in [5.74, 6) is 0. The van der Waals surface area contributed by atoms with Gasteiger partial charge >= 0.3 is 0 Å². The van der Waals surface area contributed by atoms with Crippen LogP contribution in [-0.2, 0) is 14.6 Å². The molecule has 0 aromatic heterocycles. The monoisotopic (exact) mass is 136 g/mol. The molecule has 8 heavy (non-hydrogen) atoms. The first-order valence-electron chi connectivity index (χ1n) is 2.37. The zero-order valence-electron chi connectivity index (χ0n) is 4.62. The van der Waals surface area contributed by atoms with E-state index in [4.69, 9.17) is 0 Å². The summed E-state index contributed by atoms with van der Waals surface area (Å²) in [5.41, 5.74) is 0. The second-order valence-electron chi connectivity index (χ2n) is 1.99. The first-order valence-corrected chi connectivity index (χ1v) is 4.33. The molecule has 3 nitrogen and oxygen atoms in total. The molecule has 0 spiro atoms. The number of rotatable bonds is 1. The highest BCUT2D eigenvalue weighted by atomic mass is 32.2. The molecule has 4 heteroatoms. The van der Waals surface area contributed by atoms with Crippen LogP contribution >= 0.6 is 0 Å². The number of ether oxygens (including phenoxy) is 1. The molecule has 0 unspecified atom stereocenters. The van der Waals surface area contributed by atoms with Crippen LogP contribution in [0.25, 0.3) is 0 Å². The summed E-state index contributed by atoms with van der Waals surface area (Å²) in [7, 11) is -2.79. The van der Waals surface area contributed by atoms with E-state index >= 15 is 0 Å². The predicted molar refractivity (Wildman–Crippen MR) is 29.5 cm³/mol. The van der Waals surface area contributed by atoms with Crippen molar-refractivity contribution in [2.75, 3.05) is 19.5 Å². The van der Waals surface area contributed by atoms with Crippen molar-refractivity contribution in [3.63, 3.8) is 0 Å². The molecule has 0 aromatic carbocycles. The maximum Gasteiger partial charge on any atom is 0.154 e. The van der Waals surface area contributed by atoms with Crippen LogP contribution in [0.4, 0.5) is 0 Å². The van der Waals surface area contributed by atoms with E-state index in [1.807, 2.05) is 0 Å². The maximum atomic E-state index is 10.5. The fourth-order valence-corrected chi connectivity index (χ4v) is 1.15. The summed E-state index contributed by atoms with van der Waals surface area (Å²) >= 11 is 0. The Morgan fingerprint density at radius 1 is 1.50 bits per heavy atom. The van der Waals surface area contributed by atoms with Gasteiger partial charge in [-0.2, -0.15) is 0 Å². The Kier molecular flexibility index (Phi) is 1.28. The minimum atomic E-state index is -2.79. The van der Waals surface area contributed by atoms with Gasteiger partial charge in [0.25, 0.3) is 0 Å². The quantitative estimate of drug-likeness (QED) is 0.485. The van der Waals surface area contributed by atoms with Gasteiger partial charge in [0.1, 0.15) is 5.25 Å². The molecule has 0 atom stereocenters. The molecule has 0 aliphatic carbocycles. The highest BCUT2D eigenvalue weighted by Gasteiger charge is 2.28. The molecule has 1 rings (SSSR count). The third-order valence-corrected chi connectivity index (χ3v) is 2.70. The van der Waals surface area contributed by atoms with Gasteiger partial charge in [0, 0.05) is 6.26 Å². The van der Waals surface area contributed by atoms with E-state index in [0.29, 0.717) is 13.2 Å². The fourth-order valence-electron chi connectivity index (χ4n) is 0.461. The van der Waals surface area contributed by atoms with Crippen molar-refractivity contribution >= 4 is 9.84 Å². The molecule has 1 aliphatic rings. The third-order valence-electron chi connectivity index (χ3n) is 1.21. The lowest BCUT2D eigenvalue weighted by Crippen LogP contribution is -2.39. The summed E-state index contributed by atoms with van der Waals surface area (Å²) in [6.45, 7) is 0.775. The van der Waals surface area contributed by atoms with Crippen LogP contribution < -0.4 is 0 Å². The smallest absolute Gasteiger partial charge is 0.154 e. The van der Waals surface area contributed by atoms with Crippen LogP contribution in [0, 0.1) is 0 Å². The fraction of sp³-hybridized carbons (Fsp3) is 1.00. The average Bonchev–Trinajstić information content (AvgIpc) is 1.16. The average molecular weight is 136 g/mol. The molecule has 1 aliphatic heterocycles. The van der Waals surface area contributed by atoms with Gasteiger partial charge in [-0.15, -0.1) is 0 Å². The minimum absolute atomic E-state index is 0.220. The van der Waals surface area contributed by atoms with Crippen molar-refractivity contribution in [1.29, 1.82) is 0 Å². The molecule has 48 valence electrons. The van der Waals surface area contributed by atoms with Crippen molar-refractivity contribution in [2.45, 2.75) is 5.25 Å². The van der Waals surface area contributed by atoms with Crippen LogP contribution in [-0.4, -0.2) is 33.1 Å². The van der Waals surface area contributed by atoms with Gasteiger partial charge in [0.2, 0.25) is 0 Å². The number of hydrogen-bond donors (Lipinski definition) is 0. The molecule has 1 saturated heterocycles. The molecule has 0 saturated carbocycles. The van der Waals surface area contributed by atoms with Crippen molar-refractivity contribution in [3.05, 3.63) is 0 Å². The molecule has 1 fully saturated rings. The van der Waals surface area contributed by atoms with Gasteiger partial charge < -0.3 is 4.74 Å². The Morgan fingerprint density at radius 2 is 2.00 bits per heavy atom. The molecule has 0 bridgehead atoms. The predicted octanol–water partition coefficient (Wildman–Crippen LogP) is -0.570. The van der Waals surface area contributed by atoms with E-state index in [9.17, 15) is 8.42 Å². The van der Waals surface area contributed by atoms with E-state index < -0.39 is 9.84 Å². The molecule has 0 aromatic rings. The second kappa shape index (κ2) is 1.70. The van der Waals surface area contributed by atoms with E-state index in [1.54, 1.807) is 0 Å². The largest absolute Gasteiger partial charge is 0.379 e. The molecular formula is C4H8O3S. The zero-order chi connectivity index (χ0) is 6.20. The normalized spacial score (nSPS) is 22.6. The van der Waals surface area contributed by atoms with Crippen molar-refractivity contribution in [1.82, 2.24) is 0 Å². The highest BCUT2D eigenvalue weighted by molar-refractivity contribution is 7.91. The molecule has 0 radical (unpaired) electrons. The topological polar surface area (TPSA) is 43.4 Å². The van der Waals surface area contributed by atoms with E-state index in [1.165, 1.54) is 6.26 Å². The lowest BCUT2D eigenvalue weighted by molar-refractivity contribution is 0.0418. The summed E-state index contributed by atoms with van der Waals surface area (Å²) < 4.78 is 25.7. The van der Waals surface area contributed by atoms with E-state index in [-0.39, 0.29) is 5.25 Å². The highest BCUT2D eigenvalue weighted by Crippen LogP contribution is 2.09. The van der Waals surface area contributed by atoms with Crippen LogP contribution in [0.2, 0.25) is 0 Å². The molecular weight excluding hydrogens is 128 g/mol. The first kappa shape index (κ1) is 6.04. The maximum absolute atomic E-state index is 10.5. The van der Waals surface area contributed by atoms with Gasteiger partial charge in [-0.3, -0.25) is 0 Å². The SMILES string of the molecule is CS(=O)(=O)C1COC1. The third kappa shape index (κ3) is 1.00. The lowest BCUT2D eigenvalue weighted by atomic mass is 10.4. The second-order valence-corrected chi connectivity index (χ2v) is 4.31. The Hall–Kier alpha value is -0.0900. The van der Waals surface area contributed by atoms with E-state index in [0.717, 1.165) is 0 Å². The first-order chi connectivity index (χ1) is 3.61. The van der Waals surface area contributed by atoms with Crippen molar-refractivity contribution < 1.29 is 13.2 Å². The Balaban J connectivity index is 2.60. The molecule has 0 N–H and O–H groups in total. The standard InChI is InChI=1S/C4H8O3S/c1-8(5,6)4-2-7-3-4/h4H,2-3H2,1H3. The molecule has 0 amide bonds. The van der Waals surface area contributed by atoms with Gasteiger partial charge in [-0.25, -0.2) is 8.42 Å². The molecule has 1 heterocycles. The van der Waals surface area contributed by atoms with Gasteiger partial charge in [0.05, 0.1) is 13.2 Å². The zero-order valence-corrected chi connectivity index (χ0v) is 5.44. The van der Waals surface area contributed by atoms with Crippen molar-refractivity contribution in [2.24, 2.45) is 0 Å². The van der Waals surface area contributed by atoms with E-state index in [2.05, 4.69) is 4.74 Å². The summed E-state index contributed by atoms with van der Waals surface area (Å²) in [6, 6.07) is 0. The van der Waals surface area contributed by atoms with Gasteiger partial charge in [-0.05, 0) is 0 Å². The summed E-state index contributed by atoms with van der Waals surface area (Å²) in [5, 5.41) is -0.220. The lowest BCUT2D eigenvalue weighted by Gasteiger charge is -2.23. The van der Waals surface area contributed by atoms with Crippen LogP contribution in [0.1, 0.15) is 0 Å². The van der Waals surface area contributed by atoms with Crippen LogP contribution in [0.3, 0.4) is 0 Å². The Morgan fingerprint density at radius 3 is 2.00 bits per heavy atom. The van der Waals surface area contributed by atoms with Crippen molar-refractivity contribution in [3.8, 4) is 0 Å².